The van der Waals surface area contributed by atoms with Gasteiger partial charge in [0.15, 0.2) is 0 Å². The topological polar surface area (TPSA) is 12.0 Å². The van der Waals surface area contributed by atoms with E-state index in [1.165, 1.54) is 32.1 Å². The van der Waals surface area contributed by atoms with Gasteiger partial charge in [-0.05, 0) is 32.2 Å². The smallest absolute Gasteiger partial charge is 0.0201 e. The molecule has 1 fully saturated rings. The molecule has 0 aromatic rings. The van der Waals surface area contributed by atoms with Crippen LogP contribution >= 0.6 is 0 Å². The second kappa shape index (κ2) is 3.57. The highest BCUT2D eigenvalue weighted by Gasteiger charge is 2.34. The first-order chi connectivity index (χ1) is 5.25. The quantitative estimate of drug-likeness (QED) is 0.646. The van der Waals surface area contributed by atoms with Gasteiger partial charge in [-0.2, -0.15) is 0 Å². The van der Waals surface area contributed by atoms with Crippen LogP contribution in [0.5, 0.6) is 0 Å². The molecule has 0 aliphatic heterocycles. The van der Waals surface area contributed by atoms with Crippen LogP contribution in [-0.2, 0) is 0 Å². The van der Waals surface area contributed by atoms with Crippen LogP contribution in [0.3, 0.4) is 0 Å². The van der Waals surface area contributed by atoms with E-state index < -0.39 is 0 Å². The van der Waals surface area contributed by atoms with Crippen molar-refractivity contribution in [1.29, 1.82) is 0 Å². The van der Waals surface area contributed by atoms with Gasteiger partial charge < -0.3 is 5.32 Å². The van der Waals surface area contributed by atoms with Crippen molar-refractivity contribution in [2.24, 2.45) is 5.92 Å². The first-order valence-corrected chi connectivity index (χ1v) is 4.94. The van der Waals surface area contributed by atoms with Crippen molar-refractivity contribution < 1.29 is 0 Å². The molecule has 0 heterocycles. The van der Waals surface area contributed by atoms with Crippen molar-refractivity contribution in [3.63, 3.8) is 0 Å². The standard InChI is InChI=1S/C10H21N/c1-4-10(11-3)8-6-5-7-9(10)2/h9,11H,4-8H2,1-3H3. The summed E-state index contributed by atoms with van der Waals surface area (Å²) < 4.78 is 0. The molecule has 2 atom stereocenters. The van der Waals surface area contributed by atoms with E-state index in [0.29, 0.717) is 5.54 Å². The average Bonchev–Trinajstić information content (AvgIpc) is 2.06. The third-order valence-electron chi connectivity index (χ3n) is 3.58. The predicted octanol–water partition coefficient (Wildman–Crippen LogP) is 2.56. The summed E-state index contributed by atoms with van der Waals surface area (Å²) >= 11 is 0. The minimum absolute atomic E-state index is 0.470. The molecule has 0 amide bonds. The molecular weight excluding hydrogens is 134 g/mol. The maximum absolute atomic E-state index is 3.52. The number of nitrogens with one attached hydrogen (secondary N) is 1. The Morgan fingerprint density at radius 3 is 2.55 bits per heavy atom. The van der Waals surface area contributed by atoms with Crippen LogP contribution in [0, 0.1) is 5.92 Å². The zero-order valence-electron chi connectivity index (χ0n) is 8.11. The van der Waals surface area contributed by atoms with Gasteiger partial charge in [0, 0.05) is 5.54 Å². The van der Waals surface area contributed by atoms with Crippen LogP contribution in [0.4, 0.5) is 0 Å². The molecule has 0 radical (unpaired) electrons. The molecule has 1 aliphatic carbocycles. The number of hydrogen-bond donors (Lipinski definition) is 1. The van der Waals surface area contributed by atoms with Crippen LogP contribution in [-0.4, -0.2) is 12.6 Å². The Kier molecular flexibility index (Phi) is 2.94. The largest absolute Gasteiger partial charge is 0.314 e. The Labute approximate surface area is 70.6 Å². The summed E-state index contributed by atoms with van der Waals surface area (Å²) in [5, 5.41) is 3.52. The first-order valence-electron chi connectivity index (χ1n) is 4.94. The maximum Gasteiger partial charge on any atom is 0.0201 e. The second-order valence-corrected chi connectivity index (χ2v) is 3.91. The minimum atomic E-state index is 0.470. The summed E-state index contributed by atoms with van der Waals surface area (Å²) in [5.41, 5.74) is 0.470. The molecule has 1 saturated carbocycles. The van der Waals surface area contributed by atoms with Gasteiger partial charge >= 0.3 is 0 Å². The number of rotatable bonds is 2. The van der Waals surface area contributed by atoms with Gasteiger partial charge in [-0.1, -0.05) is 26.7 Å². The molecule has 1 nitrogen and oxygen atoms in total. The summed E-state index contributed by atoms with van der Waals surface area (Å²) in [7, 11) is 2.12. The third-order valence-corrected chi connectivity index (χ3v) is 3.58. The van der Waals surface area contributed by atoms with Crippen molar-refractivity contribution in [3.05, 3.63) is 0 Å². The monoisotopic (exact) mass is 155 g/mol. The average molecular weight is 155 g/mol. The lowest BCUT2D eigenvalue weighted by molar-refractivity contribution is 0.159. The summed E-state index contributed by atoms with van der Waals surface area (Å²) in [5.74, 6) is 0.867. The third kappa shape index (κ3) is 1.58. The second-order valence-electron chi connectivity index (χ2n) is 3.91. The molecule has 0 saturated heterocycles. The van der Waals surface area contributed by atoms with Crippen molar-refractivity contribution in [2.75, 3.05) is 7.05 Å². The van der Waals surface area contributed by atoms with Crippen LogP contribution in [0.2, 0.25) is 0 Å². The minimum Gasteiger partial charge on any atom is -0.314 e. The van der Waals surface area contributed by atoms with Gasteiger partial charge in [0.1, 0.15) is 0 Å². The Bertz CT molecular complexity index is 116. The van der Waals surface area contributed by atoms with E-state index in [1.807, 2.05) is 0 Å². The molecule has 1 aliphatic rings. The predicted molar refractivity (Wildman–Crippen MR) is 49.7 cm³/mol. The zero-order chi connectivity index (χ0) is 8.32. The van der Waals surface area contributed by atoms with E-state index in [-0.39, 0.29) is 0 Å². The van der Waals surface area contributed by atoms with Crippen molar-refractivity contribution in [2.45, 2.75) is 51.5 Å². The SMILES string of the molecule is CCC1(NC)CCCCC1C. The molecule has 0 bridgehead atoms. The molecule has 1 rings (SSSR count). The molecule has 2 unspecified atom stereocenters. The van der Waals surface area contributed by atoms with E-state index in [0.717, 1.165) is 5.92 Å². The molecule has 1 heteroatoms. The summed E-state index contributed by atoms with van der Waals surface area (Å²) in [6, 6.07) is 0. The van der Waals surface area contributed by atoms with E-state index in [2.05, 4.69) is 26.2 Å². The zero-order valence-corrected chi connectivity index (χ0v) is 8.11. The molecule has 66 valence electrons. The van der Waals surface area contributed by atoms with Crippen molar-refractivity contribution in [1.82, 2.24) is 5.32 Å². The van der Waals surface area contributed by atoms with Crippen LogP contribution in [0.1, 0.15) is 46.0 Å². The van der Waals surface area contributed by atoms with Gasteiger partial charge in [-0.3, -0.25) is 0 Å². The fourth-order valence-electron chi connectivity index (χ4n) is 2.49. The first kappa shape index (κ1) is 9.05. The Balaban J connectivity index is 2.61. The van der Waals surface area contributed by atoms with Crippen LogP contribution < -0.4 is 5.32 Å². The molecule has 1 N–H and O–H groups in total. The lowest BCUT2D eigenvalue weighted by Gasteiger charge is -2.42. The summed E-state index contributed by atoms with van der Waals surface area (Å²) in [4.78, 5) is 0. The fraction of sp³-hybridized carbons (Fsp3) is 1.00. The Hall–Kier alpha value is -0.0400. The normalized spacial score (nSPS) is 39.0. The molecule has 0 aromatic heterocycles. The maximum atomic E-state index is 3.52. The molecule has 0 spiro atoms. The lowest BCUT2D eigenvalue weighted by atomic mass is 9.72. The highest BCUT2D eigenvalue weighted by atomic mass is 14.9. The van der Waals surface area contributed by atoms with Gasteiger partial charge in [0.25, 0.3) is 0 Å². The molecular formula is C10H21N. The fourth-order valence-corrected chi connectivity index (χ4v) is 2.49. The van der Waals surface area contributed by atoms with Gasteiger partial charge in [0.2, 0.25) is 0 Å². The summed E-state index contributed by atoms with van der Waals surface area (Å²) in [6.07, 6.45) is 6.92. The molecule has 11 heavy (non-hydrogen) atoms. The van der Waals surface area contributed by atoms with Crippen molar-refractivity contribution in [3.8, 4) is 0 Å². The van der Waals surface area contributed by atoms with E-state index >= 15 is 0 Å². The van der Waals surface area contributed by atoms with Crippen LogP contribution in [0.15, 0.2) is 0 Å². The van der Waals surface area contributed by atoms with Crippen molar-refractivity contribution >= 4 is 0 Å². The lowest BCUT2D eigenvalue weighted by Crippen LogP contribution is -2.49. The van der Waals surface area contributed by atoms with E-state index in [1.54, 1.807) is 0 Å². The van der Waals surface area contributed by atoms with E-state index in [4.69, 9.17) is 0 Å². The molecule has 0 aromatic carbocycles. The highest BCUT2D eigenvalue weighted by Crippen LogP contribution is 2.35. The highest BCUT2D eigenvalue weighted by molar-refractivity contribution is 4.92. The summed E-state index contributed by atoms with van der Waals surface area (Å²) in [6.45, 7) is 4.69. The van der Waals surface area contributed by atoms with Gasteiger partial charge in [-0.15, -0.1) is 0 Å². The number of hydrogen-bond acceptors (Lipinski definition) is 1. The van der Waals surface area contributed by atoms with E-state index in [9.17, 15) is 0 Å². The Morgan fingerprint density at radius 1 is 1.45 bits per heavy atom. The van der Waals surface area contributed by atoms with Gasteiger partial charge in [0.05, 0.1) is 0 Å². The van der Waals surface area contributed by atoms with Gasteiger partial charge in [-0.25, -0.2) is 0 Å². The Morgan fingerprint density at radius 2 is 2.18 bits per heavy atom. The van der Waals surface area contributed by atoms with Crippen LogP contribution in [0.25, 0.3) is 0 Å².